The van der Waals surface area contributed by atoms with Crippen LogP contribution in [0, 0.1) is 6.92 Å². The molecule has 32 heavy (non-hydrogen) atoms. The second-order valence-electron chi connectivity index (χ2n) is 7.52. The highest BCUT2D eigenvalue weighted by Gasteiger charge is 2.19. The number of carbonyl (C=O) groups is 1. The quantitative estimate of drug-likeness (QED) is 0.352. The zero-order valence-electron chi connectivity index (χ0n) is 17.4. The molecule has 0 fully saturated rings. The third-order valence-corrected chi connectivity index (χ3v) is 5.66. The van der Waals surface area contributed by atoms with Crippen LogP contribution in [0.1, 0.15) is 21.6 Å². The van der Waals surface area contributed by atoms with Crippen molar-refractivity contribution in [2.75, 3.05) is 5.32 Å². The van der Waals surface area contributed by atoms with Gasteiger partial charge in [0.2, 0.25) is 5.95 Å². The number of amides is 1. The first-order valence-electron chi connectivity index (χ1n) is 10.2. The number of benzene rings is 3. The van der Waals surface area contributed by atoms with E-state index in [0.29, 0.717) is 23.9 Å². The number of anilines is 1. The van der Waals surface area contributed by atoms with Gasteiger partial charge in [0.25, 0.3) is 5.91 Å². The summed E-state index contributed by atoms with van der Waals surface area (Å²) in [7, 11) is 0. The van der Waals surface area contributed by atoms with Gasteiger partial charge in [0.15, 0.2) is 0 Å². The summed E-state index contributed by atoms with van der Waals surface area (Å²) in [6, 6.07) is 27.4. The second kappa shape index (κ2) is 8.43. The Kier molecular flexibility index (Phi) is 5.33. The topological polar surface area (TPSA) is 64.7 Å². The first-order valence-corrected chi connectivity index (χ1v) is 11.0. The lowest BCUT2D eigenvalue weighted by atomic mass is 10.2. The molecule has 0 saturated heterocycles. The minimum Gasteiger partial charge on any atom is -0.306 e. The zero-order chi connectivity index (χ0) is 22.1. The molecule has 7 heteroatoms. The number of carbonyl (C=O) groups excluding carboxylic acids is 1. The minimum atomic E-state index is -0.210. The SMILES string of the molecule is Cc1cc(NC(=O)c2cccc(Br)c2)n(-c2nc3ccccc3n2Cc2ccccc2)n1. The van der Waals surface area contributed by atoms with Crippen molar-refractivity contribution in [2.45, 2.75) is 13.5 Å². The van der Waals surface area contributed by atoms with Crippen molar-refractivity contribution in [3.8, 4) is 5.95 Å². The molecule has 158 valence electrons. The van der Waals surface area contributed by atoms with Crippen LogP contribution in [-0.4, -0.2) is 25.2 Å². The van der Waals surface area contributed by atoms with E-state index in [1.165, 1.54) is 0 Å². The largest absolute Gasteiger partial charge is 0.306 e. The number of halogens is 1. The molecule has 0 aliphatic rings. The van der Waals surface area contributed by atoms with Crippen LogP contribution in [0.5, 0.6) is 0 Å². The number of hydrogen-bond acceptors (Lipinski definition) is 3. The Morgan fingerprint density at radius 3 is 2.56 bits per heavy atom. The summed E-state index contributed by atoms with van der Waals surface area (Å²) in [6.07, 6.45) is 0. The molecular weight excluding hydrogens is 466 g/mol. The molecule has 0 radical (unpaired) electrons. The number of nitrogens with zero attached hydrogens (tertiary/aromatic N) is 4. The minimum absolute atomic E-state index is 0.210. The lowest BCUT2D eigenvalue weighted by Gasteiger charge is -2.12. The summed E-state index contributed by atoms with van der Waals surface area (Å²) in [5.41, 5.74) is 4.37. The van der Waals surface area contributed by atoms with E-state index in [9.17, 15) is 4.79 Å². The first kappa shape index (κ1) is 20.2. The van der Waals surface area contributed by atoms with Gasteiger partial charge in [-0.1, -0.05) is 64.5 Å². The van der Waals surface area contributed by atoms with Gasteiger partial charge in [0.05, 0.1) is 23.3 Å². The summed E-state index contributed by atoms with van der Waals surface area (Å²) in [6.45, 7) is 2.53. The van der Waals surface area contributed by atoms with Gasteiger partial charge in [-0.2, -0.15) is 9.78 Å². The Morgan fingerprint density at radius 2 is 1.75 bits per heavy atom. The Balaban J connectivity index is 1.59. The van der Waals surface area contributed by atoms with Crippen molar-refractivity contribution in [3.63, 3.8) is 0 Å². The summed E-state index contributed by atoms with van der Waals surface area (Å²) in [4.78, 5) is 17.8. The number of fused-ring (bicyclic) bond motifs is 1. The van der Waals surface area contributed by atoms with Crippen LogP contribution < -0.4 is 5.32 Å². The van der Waals surface area contributed by atoms with Gasteiger partial charge < -0.3 is 9.88 Å². The fourth-order valence-electron chi connectivity index (χ4n) is 3.71. The number of aromatic nitrogens is 4. The van der Waals surface area contributed by atoms with E-state index < -0.39 is 0 Å². The van der Waals surface area contributed by atoms with E-state index >= 15 is 0 Å². The normalized spacial score (nSPS) is 11.1. The summed E-state index contributed by atoms with van der Waals surface area (Å²) >= 11 is 3.42. The molecule has 1 amide bonds. The van der Waals surface area contributed by atoms with Crippen molar-refractivity contribution < 1.29 is 4.79 Å². The second-order valence-corrected chi connectivity index (χ2v) is 8.44. The maximum Gasteiger partial charge on any atom is 0.256 e. The van der Waals surface area contributed by atoms with Gasteiger partial charge in [0.1, 0.15) is 5.82 Å². The van der Waals surface area contributed by atoms with Gasteiger partial charge in [-0.15, -0.1) is 0 Å². The van der Waals surface area contributed by atoms with E-state index in [2.05, 4.69) is 43.0 Å². The van der Waals surface area contributed by atoms with Gasteiger partial charge in [-0.05, 0) is 42.8 Å². The van der Waals surface area contributed by atoms with E-state index in [4.69, 9.17) is 4.98 Å². The average Bonchev–Trinajstić information content (AvgIpc) is 3.34. The molecule has 0 aliphatic heterocycles. The molecule has 3 aromatic carbocycles. The maximum atomic E-state index is 12.9. The third kappa shape index (κ3) is 3.94. The van der Waals surface area contributed by atoms with Crippen molar-refractivity contribution in [2.24, 2.45) is 0 Å². The number of nitrogens with one attached hydrogen (secondary N) is 1. The van der Waals surface area contributed by atoms with E-state index in [1.54, 1.807) is 16.8 Å². The first-order chi connectivity index (χ1) is 15.6. The molecular formula is C25H20BrN5O. The molecule has 5 aromatic rings. The Bertz CT molecular complexity index is 1420. The van der Waals surface area contributed by atoms with Crippen LogP contribution >= 0.6 is 15.9 Å². The summed E-state index contributed by atoms with van der Waals surface area (Å²) in [5.74, 6) is 1.00. The van der Waals surface area contributed by atoms with Crippen molar-refractivity contribution in [1.29, 1.82) is 0 Å². The van der Waals surface area contributed by atoms with Crippen LogP contribution in [0.25, 0.3) is 17.0 Å². The van der Waals surface area contributed by atoms with Crippen LogP contribution in [0.2, 0.25) is 0 Å². The monoisotopic (exact) mass is 485 g/mol. The lowest BCUT2D eigenvalue weighted by molar-refractivity contribution is 0.102. The molecule has 2 aromatic heterocycles. The lowest BCUT2D eigenvalue weighted by Crippen LogP contribution is -2.17. The third-order valence-electron chi connectivity index (χ3n) is 5.17. The molecule has 6 nitrogen and oxygen atoms in total. The van der Waals surface area contributed by atoms with Crippen LogP contribution in [0.15, 0.2) is 89.4 Å². The maximum absolute atomic E-state index is 12.9. The number of rotatable bonds is 5. The standard InChI is InChI=1S/C25H20BrN5O/c1-17-14-23(28-24(32)19-10-7-11-20(26)15-19)31(29-17)25-27-21-12-5-6-13-22(21)30(25)16-18-8-3-2-4-9-18/h2-15H,16H2,1H3,(H,28,32). The number of hydrogen-bond donors (Lipinski definition) is 1. The smallest absolute Gasteiger partial charge is 0.256 e. The van der Waals surface area contributed by atoms with E-state index in [0.717, 1.165) is 26.8 Å². The van der Waals surface area contributed by atoms with Crippen molar-refractivity contribution in [1.82, 2.24) is 19.3 Å². The molecule has 0 saturated carbocycles. The Hall–Kier alpha value is -3.71. The van der Waals surface area contributed by atoms with Crippen LogP contribution in [0.4, 0.5) is 5.82 Å². The molecule has 0 unspecified atom stereocenters. The highest BCUT2D eigenvalue weighted by Crippen LogP contribution is 2.24. The van der Waals surface area contributed by atoms with Crippen molar-refractivity contribution in [3.05, 3.63) is 106 Å². The predicted molar refractivity (Wildman–Crippen MR) is 129 cm³/mol. The van der Waals surface area contributed by atoms with Gasteiger partial charge in [-0.3, -0.25) is 4.79 Å². The van der Waals surface area contributed by atoms with E-state index in [1.807, 2.05) is 67.6 Å². The molecule has 0 atom stereocenters. The Labute approximate surface area is 193 Å². The van der Waals surface area contributed by atoms with Crippen LogP contribution in [0.3, 0.4) is 0 Å². The number of para-hydroxylation sites is 2. The molecule has 2 heterocycles. The van der Waals surface area contributed by atoms with E-state index in [-0.39, 0.29) is 5.91 Å². The van der Waals surface area contributed by atoms with Gasteiger partial charge in [0, 0.05) is 16.1 Å². The van der Waals surface area contributed by atoms with Gasteiger partial charge >= 0.3 is 0 Å². The number of aryl methyl sites for hydroxylation is 1. The average molecular weight is 486 g/mol. The molecule has 0 aliphatic carbocycles. The highest BCUT2D eigenvalue weighted by atomic mass is 79.9. The van der Waals surface area contributed by atoms with Crippen molar-refractivity contribution >= 4 is 38.7 Å². The molecule has 0 spiro atoms. The zero-order valence-corrected chi connectivity index (χ0v) is 19.0. The summed E-state index contributed by atoms with van der Waals surface area (Å²) < 4.78 is 4.67. The summed E-state index contributed by atoms with van der Waals surface area (Å²) in [5, 5.41) is 7.65. The molecule has 1 N–H and O–H groups in total. The molecule has 0 bridgehead atoms. The highest BCUT2D eigenvalue weighted by molar-refractivity contribution is 9.10. The Morgan fingerprint density at radius 1 is 0.969 bits per heavy atom. The fraction of sp³-hybridized carbons (Fsp3) is 0.0800. The molecule has 5 rings (SSSR count). The number of imidazole rings is 1. The predicted octanol–water partition coefficient (Wildman–Crippen LogP) is 5.59. The fourth-order valence-corrected chi connectivity index (χ4v) is 4.10. The van der Waals surface area contributed by atoms with Crippen LogP contribution in [-0.2, 0) is 6.54 Å². The van der Waals surface area contributed by atoms with Gasteiger partial charge in [-0.25, -0.2) is 4.98 Å².